The van der Waals surface area contributed by atoms with Gasteiger partial charge in [-0.1, -0.05) is 0 Å². The van der Waals surface area contributed by atoms with E-state index < -0.39 is 52.8 Å². The van der Waals surface area contributed by atoms with Crippen LogP contribution in [0.5, 0.6) is 5.75 Å². The fourth-order valence-corrected chi connectivity index (χ4v) is 4.74. The molecule has 0 unspecified atom stereocenters. The molecule has 5 rings (SSSR count). The molecule has 0 radical (unpaired) electrons. The average molecular weight is 540 g/mol. The molecule has 3 heterocycles. The van der Waals surface area contributed by atoms with Crippen molar-refractivity contribution in [1.29, 1.82) is 0 Å². The number of aryl methyl sites for hydroxylation is 1. The van der Waals surface area contributed by atoms with Crippen LogP contribution in [0.4, 0.5) is 16.2 Å². The fourth-order valence-electron chi connectivity index (χ4n) is 4.74. The summed E-state index contributed by atoms with van der Waals surface area (Å²) < 4.78 is 33.8. The number of nitro groups is 1. The van der Waals surface area contributed by atoms with Gasteiger partial charge in [0.2, 0.25) is 12.4 Å². The molecule has 1 N–H and O–H groups in total. The molecule has 39 heavy (non-hydrogen) atoms. The number of benzene rings is 2. The summed E-state index contributed by atoms with van der Waals surface area (Å²) in [6.45, 7) is 5.23. The van der Waals surface area contributed by atoms with Crippen LogP contribution in [0.1, 0.15) is 29.8 Å². The third kappa shape index (κ3) is 4.77. The molecule has 0 saturated carbocycles. The number of hydrogen-bond donors (Lipinski definition) is 1. The van der Waals surface area contributed by atoms with Crippen molar-refractivity contribution in [3.8, 4) is 5.75 Å². The summed E-state index contributed by atoms with van der Waals surface area (Å²) in [6, 6.07) is 9.66. The molecule has 0 spiro atoms. The number of nitrogens with one attached hydrogen (secondary N) is 1. The topological polar surface area (TPSA) is 166 Å². The zero-order chi connectivity index (χ0) is 28.1. The molecule has 2 fully saturated rings. The summed E-state index contributed by atoms with van der Waals surface area (Å²) >= 11 is 0. The van der Waals surface area contributed by atoms with E-state index in [0.717, 1.165) is 0 Å². The van der Waals surface area contributed by atoms with E-state index in [2.05, 4.69) is 5.32 Å². The third-order valence-electron chi connectivity index (χ3n) is 6.65. The van der Waals surface area contributed by atoms with E-state index in [-0.39, 0.29) is 22.5 Å². The van der Waals surface area contributed by atoms with Crippen LogP contribution in [0.25, 0.3) is 11.0 Å². The summed E-state index contributed by atoms with van der Waals surface area (Å²) in [5.41, 5.74) is -1.17. The maximum Gasteiger partial charge on any atom is 0.509 e. The quantitative estimate of drug-likeness (QED) is 0.210. The Kier molecular flexibility index (Phi) is 6.48. The second-order valence-corrected chi connectivity index (χ2v) is 9.59. The first-order chi connectivity index (χ1) is 18.5. The number of fused-ring (bicyclic) bond motifs is 2. The van der Waals surface area contributed by atoms with E-state index in [4.69, 9.17) is 28.1 Å². The first-order valence-electron chi connectivity index (χ1n) is 11.9. The maximum atomic E-state index is 12.7. The molecule has 4 atom stereocenters. The molecule has 2 aliphatic rings. The van der Waals surface area contributed by atoms with Crippen molar-refractivity contribution < 1.29 is 42.6 Å². The summed E-state index contributed by atoms with van der Waals surface area (Å²) in [5.74, 6) is -0.325. The Morgan fingerprint density at radius 2 is 1.77 bits per heavy atom. The van der Waals surface area contributed by atoms with E-state index in [1.54, 1.807) is 32.9 Å². The smallest absolute Gasteiger partial charge is 0.460 e. The number of hydrogen-bond acceptors (Lipinski definition) is 11. The van der Waals surface area contributed by atoms with Gasteiger partial charge in [0.15, 0.2) is 6.10 Å². The highest BCUT2D eigenvalue weighted by molar-refractivity contribution is 6.05. The standard InChI is InChI=1S/C26H24N2O11/c1-12-17(35-24-20-19(37-25(31)38-20)21(34-4)26(2,3)39-24)10-7-14-11-16(23(30)36-18(12)14)27-22(29)13-5-8-15(9-6-13)28(32)33/h5-11,19-21,24H,1-4H3,(H,27,29)/t19-,20+,21+,24+/m0/s1. The molecule has 2 aromatic carbocycles. The highest BCUT2D eigenvalue weighted by Gasteiger charge is 2.59. The van der Waals surface area contributed by atoms with Gasteiger partial charge in [-0.25, -0.2) is 9.59 Å². The minimum absolute atomic E-state index is 0.111. The molecule has 1 aromatic heterocycles. The monoisotopic (exact) mass is 540 g/mol. The fraction of sp³-hybridized carbons (Fsp3) is 0.346. The summed E-state index contributed by atoms with van der Waals surface area (Å²) in [6.07, 6.45) is -4.13. The minimum atomic E-state index is -1.04. The molecule has 13 nitrogen and oxygen atoms in total. The lowest BCUT2D eigenvalue weighted by Crippen LogP contribution is -2.62. The number of carbonyl (C=O) groups excluding carboxylic acids is 2. The Bertz CT molecular complexity index is 1530. The summed E-state index contributed by atoms with van der Waals surface area (Å²) in [5, 5.41) is 13.8. The summed E-state index contributed by atoms with van der Waals surface area (Å²) in [4.78, 5) is 47.4. The Morgan fingerprint density at radius 1 is 1.08 bits per heavy atom. The van der Waals surface area contributed by atoms with Gasteiger partial charge in [0.05, 0.1) is 10.5 Å². The Morgan fingerprint density at radius 3 is 2.44 bits per heavy atom. The second-order valence-electron chi connectivity index (χ2n) is 9.59. The van der Waals surface area contributed by atoms with Crippen LogP contribution >= 0.6 is 0 Å². The van der Waals surface area contributed by atoms with E-state index in [1.807, 2.05) is 0 Å². The number of amides is 1. The van der Waals surface area contributed by atoms with Crippen LogP contribution in [-0.2, 0) is 18.9 Å². The van der Waals surface area contributed by atoms with Crippen LogP contribution < -0.4 is 15.7 Å². The highest BCUT2D eigenvalue weighted by atomic mass is 16.8. The zero-order valence-corrected chi connectivity index (χ0v) is 21.3. The lowest BCUT2D eigenvalue weighted by Gasteiger charge is -2.45. The van der Waals surface area contributed by atoms with Gasteiger partial charge in [-0.2, -0.15) is 0 Å². The number of anilines is 1. The second kappa shape index (κ2) is 9.67. The molecular weight excluding hydrogens is 516 g/mol. The van der Waals surface area contributed by atoms with E-state index in [9.17, 15) is 24.5 Å². The van der Waals surface area contributed by atoms with Crippen LogP contribution in [0.2, 0.25) is 0 Å². The number of carbonyl (C=O) groups is 2. The Balaban J connectivity index is 1.39. The van der Waals surface area contributed by atoms with Gasteiger partial charge in [0.25, 0.3) is 11.6 Å². The van der Waals surface area contributed by atoms with Crippen molar-refractivity contribution in [2.24, 2.45) is 0 Å². The largest absolute Gasteiger partial charge is 0.509 e. The van der Waals surface area contributed by atoms with Gasteiger partial charge in [-0.15, -0.1) is 0 Å². The van der Waals surface area contributed by atoms with Gasteiger partial charge in [-0.05, 0) is 51.1 Å². The lowest BCUT2D eigenvalue weighted by molar-refractivity contribution is -0.384. The van der Waals surface area contributed by atoms with Crippen molar-refractivity contribution in [2.75, 3.05) is 12.4 Å². The van der Waals surface area contributed by atoms with Crippen LogP contribution in [0, 0.1) is 17.0 Å². The lowest BCUT2D eigenvalue weighted by atomic mass is 9.89. The van der Waals surface area contributed by atoms with Crippen molar-refractivity contribution in [3.63, 3.8) is 0 Å². The van der Waals surface area contributed by atoms with Gasteiger partial charge in [-0.3, -0.25) is 14.9 Å². The Labute approximate surface area is 220 Å². The van der Waals surface area contributed by atoms with Crippen LogP contribution in [0.15, 0.2) is 51.7 Å². The third-order valence-corrected chi connectivity index (χ3v) is 6.65. The predicted octanol–water partition coefficient (Wildman–Crippen LogP) is 3.69. The molecule has 13 heteroatoms. The number of non-ortho nitro benzene ring substituents is 1. The van der Waals surface area contributed by atoms with Gasteiger partial charge in [0.1, 0.15) is 23.1 Å². The number of ether oxygens (including phenoxy) is 5. The number of methoxy groups -OCH3 is 1. The highest BCUT2D eigenvalue weighted by Crippen LogP contribution is 2.39. The minimum Gasteiger partial charge on any atom is -0.460 e. The van der Waals surface area contributed by atoms with Crippen molar-refractivity contribution in [3.05, 3.63) is 74.1 Å². The van der Waals surface area contributed by atoms with Crippen molar-refractivity contribution in [2.45, 2.75) is 51.0 Å². The van der Waals surface area contributed by atoms with Crippen LogP contribution in [0.3, 0.4) is 0 Å². The van der Waals surface area contributed by atoms with E-state index >= 15 is 0 Å². The molecule has 0 aliphatic carbocycles. The van der Waals surface area contributed by atoms with Gasteiger partial charge >= 0.3 is 11.8 Å². The van der Waals surface area contributed by atoms with Gasteiger partial charge < -0.3 is 33.4 Å². The molecule has 3 aromatic rings. The van der Waals surface area contributed by atoms with E-state index in [1.165, 1.54) is 37.4 Å². The van der Waals surface area contributed by atoms with Gasteiger partial charge in [0, 0.05) is 35.8 Å². The molecule has 1 amide bonds. The van der Waals surface area contributed by atoms with Crippen molar-refractivity contribution >= 4 is 34.4 Å². The number of nitro benzene ring substituents is 1. The Hall–Kier alpha value is -4.49. The average Bonchev–Trinajstić information content (AvgIpc) is 3.27. The molecule has 2 aliphatic heterocycles. The van der Waals surface area contributed by atoms with Crippen LogP contribution in [-0.4, -0.2) is 54.3 Å². The van der Waals surface area contributed by atoms with Crippen molar-refractivity contribution in [1.82, 2.24) is 0 Å². The number of nitrogens with zero attached hydrogens (tertiary/aromatic N) is 1. The predicted molar refractivity (Wildman–Crippen MR) is 134 cm³/mol. The first-order valence-corrected chi connectivity index (χ1v) is 11.9. The maximum absolute atomic E-state index is 12.7. The first kappa shape index (κ1) is 26.1. The molecule has 0 bridgehead atoms. The number of rotatable bonds is 6. The molecule has 204 valence electrons. The summed E-state index contributed by atoms with van der Waals surface area (Å²) in [7, 11) is 1.48. The molecule has 2 saturated heterocycles. The normalized spacial score (nSPS) is 23.4. The SMILES string of the molecule is CO[C@@H]1[C@H]2OC(=O)O[C@H]2[C@H](Oc2ccc3cc(NC(=O)c4ccc([N+](=O)[O-])cc4)c(=O)oc3c2C)OC1(C)C. The zero-order valence-electron chi connectivity index (χ0n) is 21.3. The van der Waals surface area contributed by atoms with E-state index in [0.29, 0.717) is 16.7 Å². The molecular formula is C26H24N2O11.